The molecule has 2 N–H and O–H groups in total. The average Bonchev–Trinajstić information content (AvgIpc) is 2.68. The normalized spacial score (nSPS) is 14.2. The molecule has 0 atom stereocenters. The molecular weight excluding hydrogens is 328 g/mol. The van der Waals surface area contributed by atoms with Crippen LogP contribution in [0, 0.1) is 0 Å². The van der Waals surface area contributed by atoms with Crippen LogP contribution in [0.5, 0.6) is 0 Å². The number of benzene rings is 2. The maximum Gasteiger partial charge on any atom is 0.274 e. The minimum absolute atomic E-state index is 0.0198. The fraction of sp³-hybridized carbons (Fsp3) is 0.150. The molecule has 6 heteroatoms. The lowest BCUT2D eigenvalue weighted by Gasteiger charge is -2.30. The van der Waals surface area contributed by atoms with E-state index < -0.39 is 0 Å². The third-order valence-corrected chi connectivity index (χ3v) is 4.36. The topological polar surface area (TPSA) is 74.3 Å². The second-order valence-electron chi connectivity index (χ2n) is 6.13. The minimum atomic E-state index is -0.273. The molecule has 0 bridgehead atoms. The number of carbonyl (C=O) groups is 2. The van der Waals surface area contributed by atoms with Gasteiger partial charge < -0.3 is 15.5 Å². The van der Waals surface area contributed by atoms with E-state index in [9.17, 15) is 9.59 Å². The molecule has 0 saturated carbocycles. The Labute approximate surface area is 150 Å². The number of carbonyl (C=O) groups excluding carboxylic acids is 2. The second-order valence-corrected chi connectivity index (χ2v) is 6.13. The summed E-state index contributed by atoms with van der Waals surface area (Å²) in [6.07, 6.45) is 0. The van der Waals surface area contributed by atoms with E-state index in [4.69, 9.17) is 0 Å². The van der Waals surface area contributed by atoms with Crippen LogP contribution < -0.4 is 15.5 Å². The van der Waals surface area contributed by atoms with Gasteiger partial charge in [-0.1, -0.05) is 36.4 Å². The lowest BCUT2D eigenvalue weighted by molar-refractivity contribution is -0.120. The molecule has 1 aliphatic rings. The van der Waals surface area contributed by atoms with Crippen molar-refractivity contribution in [1.29, 1.82) is 0 Å². The Bertz CT molecular complexity index is 986. The standard InChI is InChI=1S/C20H18N4O2/c25-19-13-24(12-11-21-19)18-8-4-3-7-16(18)23-20(26)17-10-9-14-5-1-2-6-15(14)22-17/h1-10H,11-13H2,(H,21,25)(H,23,26). The lowest BCUT2D eigenvalue weighted by atomic mass is 10.2. The highest BCUT2D eigenvalue weighted by molar-refractivity contribution is 6.06. The summed E-state index contributed by atoms with van der Waals surface area (Å²) in [5, 5.41) is 6.73. The number of amides is 2. The number of para-hydroxylation sites is 3. The van der Waals surface area contributed by atoms with Gasteiger partial charge in [0.1, 0.15) is 5.69 Å². The first kappa shape index (κ1) is 16.1. The zero-order valence-electron chi connectivity index (χ0n) is 14.1. The first-order chi connectivity index (χ1) is 12.7. The number of piperazine rings is 1. The highest BCUT2D eigenvalue weighted by atomic mass is 16.2. The predicted molar refractivity (Wildman–Crippen MR) is 101 cm³/mol. The van der Waals surface area contributed by atoms with Crippen LogP contribution in [-0.2, 0) is 4.79 Å². The number of nitrogens with one attached hydrogen (secondary N) is 2. The second kappa shape index (κ2) is 6.84. The number of pyridine rings is 1. The van der Waals surface area contributed by atoms with Crippen LogP contribution in [0.3, 0.4) is 0 Å². The highest BCUT2D eigenvalue weighted by Crippen LogP contribution is 2.26. The van der Waals surface area contributed by atoms with Crippen molar-refractivity contribution >= 4 is 34.1 Å². The lowest BCUT2D eigenvalue weighted by Crippen LogP contribution is -2.47. The first-order valence-corrected chi connectivity index (χ1v) is 8.48. The van der Waals surface area contributed by atoms with Crippen LogP contribution in [0.1, 0.15) is 10.5 Å². The van der Waals surface area contributed by atoms with Crippen molar-refractivity contribution in [3.8, 4) is 0 Å². The summed E-state index contributed by atoms with van der Waals surface area (Å²) in [7, 11) is 0. The SMILES string of the molecule is O=C1CN(c2ccccc2NC(=O)c2ccc3ccccc3n2)CCN1. The Morgan fingerprint density at radius 2 is 1.85 bits per heavy atom. The summed E-state index contributed by atoms with van der Waals surface area (Å²) in [4.78, 5) is 30.8. The molecule has 2 aromatic carbocycles. The zero-order chi connectivity index (χ0) is 17.9. The van der Waals surface area contributed by atoms with Gasteiger partial charge in [-0.3, -0.25) is 9.59 Å². The van der Waals surface area contributed by atoms with Crippen molar-refractivity contribution in [3.63, 3.8) is 0 Å². The molecule has 130 valence electrons. The van der Waals surface area contributed by atoms with Crippen molar-refractivity contribution in [1.82, 2.24) is 10.3 Å². The van der Waals surface area contributed by atoms with Crippen molar-refractivity contribution < 1.29 is 9.59 Å². The van der Waals surface area contributed by atoms with Gasteiger partial charge in [0, 0.05) is 18.5 Å². The fourth-order valence-electron chi connectivity index (χ4n) is 3.08. The van der Waals surface area contributed by atoms with E-state index >= 15 is 0 Å². The zero-order valence-corrected chi connectivity index (χ0v) is 14.1. The fourth-order valence-corrected chi connectivity index (χ4v) is 3.08. The molecule has 0 aliphatic carbocycles. The Morgan fingerprint density at radius 3 is 2.73 bits per heavy atom. The average molecular weight is 346 g/mol. The minimum Gasteiger partial charge on any atom is -0.359 e. The van der Waals surface area contributed by atoms with Crippen molar-refractivity contribution in [2.45, 2.75) is 0 Å². The van der Waals surface area contributed by atoms with Gasteiger partial charge in [-0.25, -0.2) is 4.98 Å². The maximum atomic E-state index is 12.7. The van der Waals surface area contributed by atoms with Gasteiger partial charge in [0.15, 0.2) is 0 Å². The van der Waals surface area contributed by atoms with Gasteiger partial charge in [0.05, 0.1) is 23.4 Å². The molecule has 0 radical (unpaired) electrons. The number of aromatic nitrogens is 1. The van der Waals surface area contributed by atoms with E-state index in [2.05, 4.69) is 15.6 Å². The number of hydrogen-bond acceptors (Lipinski definition) is 4. The quantitative estimate of drug-likeness (QED) is 0.764. The molecule has 26 heavy (non-hydrogen) atoms. The van der Waals surface area contributed by atoms with Crippen LogP contribution in [-0.4, -0.2) is 36.4 Å². The molecule has 6 nitrogen and oxygen atoms in total. The third kappa shape index (κ3) is 3.21. The summed E-state index contributed by atoms with van der Waals surface area (Å²) >= 11 is 0. The molecule has 1 aromatic heterocycles. The van der Waals surface area contributed by atoms with Crippen molar-refractivity contribution in [3.05, 3.63) is 66.4 Å². The van der Waals surface area contributed by atoms with Crippen LogP contribution in [0.2, 0.25) is 0 Å². The van der Waals surface area contributed by atoms with Crippen LogP contribution in [0.4, 0.5) is 11.4 Å². The van der Waals surface area contributed by atoms with Crippen molar-refractivity contribution in [2.24, 2.45) is 0 Å². The Hall–Kier alpha value is -3.41. The largest absolute Gasteiger partial charge is 0.359 e. The van der Waals surface area contributed by atoms with E-state index in [1.54, 1.807) is 6.07 Å². The van der Waals surface area contributed by atoms with Gasteiger partial charge in [-0.15, -0.1) is 0 Å². The summed E-state index contributed by atoms with van der Waals surface area (Å²) < 4.78 is 0. The van der Waals surface area contributed by atoms with Crippen LogP contribution >= 0.6 is 0 Å². The number of nitrogens with zero attached hydrogens (tertiary/aromatic N) is 2. The third-order valence-electron chi connectivity index (χ3n) is 4.36. The summed E-state index contributed by atoms with van der Waals surface area (Å²) in [5.74, 6) is -0.293. The summed E-state index contributed by atoms with van der Waals surface area (Å²) in [6, 6.07) is 18.8. The summed E-state index contributed by atoms with van der Waals surface area (Å²) in [5.41, 5.74) is 2.63. The van der Waals surface area contributed by atoms with Crippen molar-refractivity contribution in [2.75, 3.05) is 29.9 Å². The molecule has 1 aliphatic heterocycles. The number of hydrogen-bond donors (Lipinski definition) is 2. The van der Waals surface area contributed by atoms with E-state index in [-0.39, 0.29) is 18.4 Å². The number of fused-ring (bicyclic) bond motifs is 1. The van der Waals surface area contributed by atoms with Gasteiger partial charge in [-0.05, 0) is 24.3 Å². The Morgan fingerprint density at radius 1 is 1.04 bits per heavy atom. The predicted octanol–water partition coefficient (Wildman–Crippen LogP) is 2.42. The van der Waals surface area contributed by atoms with Gasteiger partial charge >= 0.3 is 0 Å². The van der Waals surface area contributed by atoms with Crippen LogP contribution in [0.15, 0.2) is 60.7 Å². The van der Waals surface area contributed by atoms with E-state index in [0.717, 1.165) is 16.6 Å². The maximum absolute atomic E-state index is 12.7. The molecule has 4 rings (SSSR count). The highest BCUT2D eigenvalue weighted by Gasteiger charge is 2.20. The Kier molecular flexibility index (Phi) is 4.23. The number of anilines is 2. The molecule has 1 saturated heterocycles. The molecule has 0 spiro atoms. The first-order valence-electron chi connectivity index (χ1n) is 8.48. The van der Waals surface area contributed by atoms with Crippen LogP contribution in [0.25, 0.3) is 10.9 Å². The molecule has 3 aromatic rings. The van der Waals surface area contributed by atoms with Gasteiger partial charge in [0.25, 0.3) is 5.91 Å². The smallest absolute Gasteiger partial charge is 0.274 e. The van der Waals surface area contributed by atoms with Gasteiger partial charge in [0.2, 0.25) is 5.91 Å². The molecule has 0 unspecified atom stereocenters. The van der Waals surface area contributed by atoms with E-state index in [1.807, 2.05) is 59.5 Å². The number of rotatable bonds is 3. The molecule has 1 fully saturated rings. The monoisotopic (exact) mass is 346 g/mol. The van der Waals surface area contributed by atoms with Gasteiger partial charge in [-0.2, -0.15) is 0 Å². The molecular formula is C20H18N4O2. The Balaban J connectivity index is 1.60. The molecule has 2 heterocycles. The van der Waals surface area contributed by atoms with E-state index in [1.165, 1.54) is 0 Å². The summed E-state index contributed by atoms with van der Waals surface area (Å²) in [6.45, 7) is 1.57. The van der Waals surface area contributed by atoms with E-state index in [0.29, 0.717) is 24.5 Å². The molecule has 2 amide bonds.